The molecule has 1 saturated carbocycles. The number of hydrogen-bond donors (Lipinski definition) is 1. The van der Waals surface area contributed by atoms with Crippen LogP contribution >= 0.6 is 0 Å². The van der Waals surface area contributed by atoms with Crippen LogP contribution < -0.4 is 0 Å². The molecule has 0 saturated heterocycles. The Labute approximate surface area is 69.8 Å². The summed E-state index contributed by atoms with van der Waals surface area (Å²) in [6, 6.07) is 0. The van der Waals surface area contributed by atoms with Crippen LogP contribution in [-0.4, -0.2) is 11.2 Å². The van der Waals surface area contributed by atoms with Gasteiger partial charge in [-0.15, -0.1) is 0 Å². The molecule has 1 N–H and O–H groups in total. The molecule has 0 aromatic heterocycles. The van der Waals surface area contributed by atoms with Gasteiger partial charge in [0, 0.05) is 0 Å². The Morgan fingerprint density at radius 2 is 2.09 bits per heavy atom. The first kappa shape index (κ1) is 9.05. The fraction of sp³-hybridized carbons (Fsp3) is 1.00. The zero-order valence-corrected chi connectivity index (χ0v) is 7.77. The molecule has 1 aliphatic rings. The van der Waals surface area contributed by atoms with Gasteiger partial charge >= 0.3 is 0 Å². The Balaban J connectivity index is 2.34. The van der Waals surface area contributed by atoms with Crippen LogP contribution in [0, 0.1) is 5.41 Å². The van der Waals surface area contributed by atoms with Crippen molar-refractivity contribution in [2.24, 2.45) is 5.41 Å². The molecule has 66 valence electrons. The number of unbranched alkanes of at least 4 members (excludes halogenated alkanes) is 1. The molecule has 0 aromatic rings. The van der Waals surface area contributed by atoms with Gasteiger partial charge in [0.05, 0.1) is 6.10 Å². The molecule has 0 bridgehead atoms. The number of rotatable bonds is 4. The van der Waals surface area contributed by atoms with Gasteiger partial charge in [0.25, 0.3) is 0 Å². The maximum absolute atomic E-state index is 9.55. The van der Waals surface area contributed by atoms with E-state index in [0.717, 1.165) is 0 Å². The van der Waals surface area contributed by atoms with Crippen LogP contribution in [0.4, 0.5) is 0 Å². The van der Waals surface area contributed by atoms with Crippen LogP contribution in [0.15, 0.2) is 0 Å². The van der Waals surface area contributed by atoms with Crippen molar-refractivity contribution in [2.45, 2.75) is 58.5 Å². The van der Waals surface area contributed by atoms with Crippen molar-refractivity contribution in [3.05, 3.63) is 0 Å². The molecule has 0 radical (unpaired) electrons. The molecular weight excluding hydrogens is 136 g/mol. The number of aliphatic hydroxyl groups excluding tert-OH is 1. The summed E-state index contributed by atoms with van der Waals surface area (Å²) in [5.74, 6) is 0. The molecule has 1 heteroatoms. The van der Waals surface area contributed by atoms with E-state index in [1.54, 1.807) is 0 Å². The van der Waals surface area contributed by atoms with Crippen LogP contribution in [-0.2, 0) is 0 Å². The summed E-state index contributed by atoms with van der Waals surface area (Å²) in [5, 5.41) is 9.55. The van der Waals surface area contributed by atoms with E-state index < -0.39 is 0 Å². The lowest BCUT2D eigenvalue weighted by atomic mass is 9.63. The van der Waals surface area contributed by atoms with Crippen LogP contribution in [0.3, 0.4) is 0 Å². The molecule has 0 heterocycles. The SMILES string of the molecule is CCCCC1(C(C)O)CCC1. The van der Waals surface area contributed by atoms with Gasteiger partial charge in [-0.25, -0.2) is 0 Å². The minimum absolute atomic E-state index is 0.0807. The molecule has 0 amide bonds. The van der Waals surface area contributed by atoms with Crippen molar-refractivity contribution in [3.63, 3.8) is 0 Å². The first-order chi connectivity index (χ1) is 5.21. The van der Waals surface area contributed by atoms with Crippen molar-refractivity contribution >= 4 is 0 Å². The Bertz CT molecular complexity index is 114. The molecule has 1 rings (SSSR count). The Morgan fingerprint density at radius 3 is 2.36 bits per heavy atom. The fourth-order valence-electron chi connectivity index (χ4n) is 2.04. The molecule has 11 heavy (non-hydrogen) atoms. The highest BCUT2D eigenvalue weighted by Crippen LogP contribution is 2.47. The maximum atomic E-state index is 9.55. The minimum atomic E-state index is -0.0807. The average molecular weight is 156 g/mol. The second kappa shape index (κ2) is 3.57. The number of aliphatic hydroxyl groups is 1. The first-order valence-corrected chi connectivity index (χ1v) is 4.89. The summed E-state index contributed by atoms with van der Waals surface area (Å²) < 4.78 is 0. The normalized spacial score (nSPS) is 24.3. The largest absolute Gasteiger partial charge is 0.393 e. The van der Waals surface area contributed by atoms with Gasteiger partial charge in [0.2, 0.25) is 0 Å². The smallest absolute Gasteiger partial charge is 0.0568 e. The third-order valence-electron chi connectivity index (χ3n) is 3.26. The Kier molecular flexibility index (Phi) is 2.94. The predicted molar refractivity (Wildman–Crippen MR) is 47.5 cm³/mol. The van der Waals surface area contributed by atoms with E-state index in [1.807, 2.05) is 6.92 Å². The van der Waals surface area contributed by atoms with Gasteiger partial charge < -0.3 is 5.11 Å². The van der Waals surface area contributed by atoms with E-state index in [2.05, 4.69) is 6.92 Å². The maximum Gasteiger partial charge on any atom is 0.0568 e. The molecule has 1 aliphatic carbocycles. The average Bonchev–Trinajstić information content (AvgIpc) is 1.85. The lowest BCUT2D eigenvalue weighted by Gasteiger charge is -2.44. The second-order valence-corrected chi connectivity index (χ2v) is 4.00. The zero-order valence-electron chi connectivity index (χ0n) is 7.77. The second-order valence-electron chi connectivity index (χ2n) is 4.00. The van der Waals surface area contributed by atoms with Gasteiger partial charge in [-0.05, 0) is 31.6 Å². The van der Waals surface area contributed by atoms with Crippen molar-refractivity contribution in [2.75, 3.05) is 0 Å². The van der Waals surface area contributed by atoms with Crippen LogP contribution in [0.25, 0.3) is 0 Å². The van der Waals surface area contributed by atoms with E-state index >= 15 is 0 Å². The summed E-state index contributed by atoms with van der Waals surface area (Å²) in [6.45, 7) is 4.17. The molecule has 0 spiro atoms. The summed E-state index contributed by atoms with van der Waals surface area (Å²) in [5.41, 5.74) is 0.329. The summed E-state index contributed by atoms with van der Waals surface area (Å²) in [4.78, 5) is 0. The lowest BCUT2D eigenvalue weighted by molar-refractivity contribution is -0.0311. The van der Waals surface area contributed by atoms with Gasteiger partial charge in [0.1, 0.15) is 0 Å². The van der Waals surface area contributed by atoms with Gasteiger partial charge in [0.15, 0.2) is 0 Å². The molecule has 1 atom stereocenters. The van der Waals surface area contributed by atoms with Gasteiger partial charge in [-0.1, -0.05) is 26.2 Å². The number of hydrogen-bond acceptors (Lipinski definition) is 1. The summed E-state index contributed by atoms with van der Waals surface area (Å²) in [7, 11) is 0. The molecule has 0 aliphatic heterocycles. The Morgan fingerprint density at radius 1 is 1.45 bits per heavy atom. The molecular formula is C10H20O. The van der Waals surface area contributed by atoms with E-state index in [0.29, 0.717) is 5.41 Å². The van der Waals surface area contributed by atoms with E-state index in [1.165, 1.54) is 38.5 Å². The van der Waals surface area contributed by atoms with Crippen molar-refractivity contribution in [1.29, 1.82) is 0 Å². The Hall–Kier alpha value is -0.0400. The molecule has 0 aromatic carbocycles. The quantitative estimate of drug-likeness (QED) is 0.663. The monoisotopic (exact) mass is 156 g/mol. The highest BCUT2D eigenvalue weighted by Gasteiger charge is 2.40. The topological polar surface area (TPSA) is 20.2 Å². The fourth-order valence-corrected chi connectivity index (χ4v) is 2.04. The highest BCUT2D eigenvalue weighted by atomic mass is 16.3. The van der Waals surface area contributed by atoms with E-state index in [9.17, 15) is 5.11 Å². The van der Waals surface area contributed by atoms with Gasteiger partial charge in [-0.3, -0.25) is 0 Å². The van der Waals surface area contributed by atoms with Crippen LogP contribution in [0.1, 0.15) is 52.4 Å². The van der Waals surface area contributed by atoms with E-state index in [4.69, 9.17) is 0 Å². The molecule has 1 fully saturated rings. The van der Waals surface area contributed by atoms with Crippen LogP contribution in [0.2, 0.25) is 0 Å². The minimum Gasteiger partial charge on any atom is -0.393 e. The van der Waals surface area contributed by atoms with E-state index in [-0.39, 0.29) is 6.10 Å². The van der Waals surface area contributed by atoms with Crippen molar-refractivity contribution < 1.29 is 5.11 Å². The lowest BCUT2D eigenvalue weighted by Crippen LogP contribution is -2.39. The first-order valence-electron chi connectivity index (χ1n) is 4.89. The third-order valence-corrected chi connectivity index (χ3v) is 3.26. The highest BCUT2D eigenvalue weighted by molar-refractivity contribution is 4.91. The summed E-state index contributed by atoms with van der Waals surface area (Å²) >= 11 is 0. The van der Waals surface area contributed by atoms with Crippen molar-refractivity contribution in [3.8, 4) is 0 Å². The van der Waals surface area contributed by atoms with Crippen LogP contribution in [0.5, 0.6) is 0 Å². The summed E-state index contributed by atoms with van der Waals surface area (Å²) in [6.07, 6.45) is 7.53. The standard InChI is InChI=1S/C10H20O/c1-3-4-6-10(9(2)11)7-5-8-10/h9,11H,3-8H2,1-2H3. The molecule has 1 nitrogen and oxygen atoms in total. The van der Waals surface area contributed by atoms with Gasteiger partial charge in [-0.2, -0.15) is 0 Å². The molecule has 1 unspecified atom stereocenters. The van der Waals surface area contributed by atoms with Crippen molar-refractivity contribution in [1.82, 2.24) is 0 Å². The predicted octanol–water partition coefficient (Wildman–Crippen LogP) is 2.73. The zero-order chi connectivity index (χ0) is 8.32. The third kappa shape index (κ3) is 1.76.